The summed E-state index contributed by atoms with van der Waals surface area (Å²) in [4.78, 5) is 26.8. The molecule has 1 atom stereocenters. The molecule has 0 N–H and O–H groups in total. The number of Topliss-reactive ketones (excluding diaryl/α,β-unsaturated/α-hetero) is 1. The summed E-state index contributed by atoms with van der Waals surface area (Å²) in [5.74, 6) is 0.218. The number of rotatable bonds is 11. The maximum absolute atomic E-state index is 13.4. The molecule has 3 aromatic carbocycles. The maximum Gasteiger partial charge on any atom is 0.339 e. The molecule has 0 unspecified atom stereocenters. The fourth-order valence-corrected chi connectivity index (χ4v) is 3.56. The number of esters is 1. The van der Waals surface area contributed by atoms with Crippen LogP contribution in [0, 0.1) is 13.8 Å². The minimum atomic E-state index is -1.11. The number of aryl methyl sites for hydroxylation is 2. The van der Waals surface area contributed by atoms with Gasteiger partial charge in [0.25, 0.3) is 0 Å². The number of ether oxygens (including phenoxy) is 4. The number of carbonyl (C=O) groups excluding carboxylic acids is 2. The van der Waals surface area contributed by atoms with Gasteiger partial charge in [-0.15, -0.1) is 0 Å². The lowest BCUT2D eigenvalue weighted by molar-refractivity contribution is 0.0279. The third kappa shape index (κ3) is 6.41. The largest absolute Gasteiger partial charge is 0.490 e. The number of carbonyl (C=O) groups is 2. The Hall–Kier alpha value is -3.80. The molecule has 0 heterocycles. The van der Waals surface area contributed by atoms with Gasteiger partial charge in [-0.05, 0) is 46.8 Å². The summed E-state index contributed by atoms with van der Waals surface area (Å²) >= 11 is 0. The summed E-state index contributed by atoms with van der Waals surface area (Å²) in [5, 5.41) is 0. The van der Waals surface area contributed by atoms with Gasteiger partial charge >= 0.3 is 5.97 Å². The van der Waals surface area contributed by atoms with Crippen LogP contribution >= 0.6 is 0 Å². The topological polar surface area (TPSA) is 71.1 Å². The van der Waals surface area contributed by atoms with E-state index in [1.54, 1.807) is 36.4 Å². The van der Waals surface area contributed by atoms with Crippen molar-refractivity contribution in [2.24, 2.45) is 0 Å². The lowest BCUT2D eigenvalue weighted by Crippen LogP contribution is -2.20. The smallest absolute Gasteiger partial charge is 0.339 e. The van der Waals surface area contributed by atoms with Crippen LogP contribution in [-0.4, -0.2) is 31.6 Å². The summed E-state index contributed by atoms with van der Waals surface area (Å²) in [6.45, 7) is 10.6. The zero-order valence-electron chi connectivity index (χ0n) is 20.9. The van der Waals surface area contributed by atoms with Crippen LogP contribution in [0.25, 0.3) is 0 Å². The zero-order chi connectivity index (χ0) is 25.4. The van der Waals surface area contributed by atoms with Gasteiger partial charge in [0.1, 0.15) is 0 Å². The van der Waals surface area contributed by atoms with E-state index in [1.165, 1.54) is 0 Å². The SMILES string of the molecule is CCOc1cc(C(=O)O[C@@H](C(=O)c2ccc(C)cc2)c2ccc(C)cc2)cc(OCC)c1OCC. The molecule has 0 saturated carbocycles. The lowest BCUT2D eigenvalue weighted by atomic mass is 9.98. The second kappa shape index (κ2) is 12.1. The van der Waals surface area contributed by atoms with Crippen molar-refractivity contribution in [3.63, 3.8) is 0 Å². The Morgan fingerprint density at radius 2 is 1.17 bits per heavy atom. The molecule has 0 amide bonds. The first-order chi connectivity index (χ1) is 16.9. The van der Waals surface area contributed by atoms with Gasteiger partial charge < -0.3 is 18.9 Å². The molecular formula is C29H32O6. The number of benzene rings is 3. The van der Waals surface area contributed by atoms with E-state index in [9.17, 15) is 9.59 Å². The van der Waals surface area contributed by atoms with E-state index in [4.69, 9.17) is 18.9 Å². The zero-order valence-corrected chi connectivity index (χ0v) is 20.9. The summed E-state index contributed by atoms with van der Waals surface area (Å²) in [6.07, 6.45) is -1.11. The van der Waals surface area contributed by atoms with E-state index >= 15 is 0 Å². The van der Waals surface area contributed by atoms with Crippen LogP contribution < -0.4 is 14.2 Å². The third-order valence-corrected chi connectivity index (χ3v) is 5.32. The first-order valence-corrected chi connectivity index (χ1v) is 11.8. The van der Waals surface area contributed by atoms with Gasteiger partial charge in [0.15, 0.2) is 17.6 Å². The third-order valence-electron chi connectivity index (χ3n) is 5.32. The van der Waals surface area contributed by atoms with Gasteiger partial charge in [-0.25, -0.2) is 4.79 Å². The second-order valence-electron chi connectivity index (χ2n) is 8.03. The molecule has 0 saturated heterocycles. The normalized spacial score (nSPS) is 11.5. The van der Waals surface area contributed by atoms with Gasteiger partial charge in [0, 0.05) is 11.1 Å². The monoisotopic (exact) mass is 476 g/mol. The van der Waals surface area contributed by atoms with Crippen molar-refractivity contribution in [2.45, 2.75) is 40.7 Å². The first-order valence-electron chi connectivity index (χ1n) is 11.8. The molecule has 6 heteroatoms. The average Bonchev–Trinajstić information content (AvgIpc) is 2.85. The Morgan fingerprint density at radius 3 is 1.66 bits per heavy atom. The summed E-state index contributed by atoms with van der Waals surface area (Å²) in [7, 11) is 0. The standard InChI is InChI=1S/C29H32O6/c1-6-32-24-17-23(18-25(33-7-2)28(24)34-8-3)29(31)35-27(22-15-11-20(5)12-16-22)26(30)21-13-9-19(4)10-14-21/h9-18,27H,6-8H2,1-5H3/t27-/m1/s1. The fraction of sp³-hybridized carbons (Fsp3) is 0.310. The molecule has 3 aromatic rings. The molecule has 0 bridgehead atoms. The Balaban J connectivity index is 2.00. The van der Waals surface area contributed by atoms with E-state index in [-0.39, 0.29) is 11.3 Å². The highest BCUT2D eigenvalue weighted by Crippen LogP contribution is 2.39. The van der Waals surface area contributed by atoms with E-state index < -0.39 is 12.1 Å². The van der Waals surface area contributed by atoms with Crippen molar-refractivity contribution in [3.8, 4) is 17.2 Å². The van der Waals surface area contributed by atoms with Gasteiger partial charge in [-0.2, -0.15) is 0 Å². The molecule has 3 rings (SSSR count). The Morgan fingerprint density at radius 1 is 0.686 bits per heavy atom. The molecule has 0 aliphatic rings. The molecule has 0 aliphatic carbocycles. The summed E-state index contributed by atoms with van der Waals surface area (Å²) in [6, 6.07) is 17.7. The van der Waals surface area contributed by atoms with Crippen LogP contribution in [0.4, 0.5) is 0 Å². The predicted octanol–water partition coefficient (Wildman–Crippen LogP) is 6.28. The van der Waals surface area contributed by atoms with E-state index in [1.807, 2.05) is 58.9 Å². The molecule has 6 nitrogen and oxygen atoms in total. The number of ketones is 1. The Bertz CT molecular complexity index is 1120. The van der Waals surface area contributed by atoms with Crippen LogP contribution in [0.3, 0.4) is 0 Å². The Kier molecular flexibility index (Phi) is 8.90. The van der Waals surface area contributed by atoms with Crippen molar-refractivity contribution in [1.82, 2.24) is 0 Å². The molecule has 0 aliphatic heterocycles. The average molecular weight is 477 g/mol. The molecule has 0 radical (unpaired) electrons. The van der Waals surface area contributed by atoms with Crippen molar-refractivity contribution >= 4 is 11.8 Å². The minimum absolute atomic E-state index is 0.203. The van der Waals surface area contributed by atoms with Gasteiger partial charge in [0.2, 0.25) is 11.5 Å². The number of hydrogen-bond donors (Lipinski definition) is 0. The fourth-order valence-electron chi connectivity index (χ4n) is 3.56. The summed E-state index contributed by atoms with van der Waals surface area (Å²) in [5.41, 5.74) is 3.33. The number of hydrogen-bond acceptors (Lipinski definition) is 6. The maximum atomic E-state index is 13.4. The van der Waals surface area contributed by atoms with Crippen LogP contribution in [0.15, 0.2) is 60.7 Å². The van der Waals surface area contributed by atoms with Crippen LogP contribution in [-0.2, 0) is 4.74 Å². The van der Waals surface area contributed by atoms with Crippen molar-refractivity contribution in [1.29, 1.82) is 0 Å². The van der Waals surface area contributed by atoms with E-state index in [0.717, 1.165) is 11.1 Å². The quantitative estimate of drug-likeness (QED) is 0.240. The molecule has 184 valence electrons. The highest BCUT2D eigenvalue weighted by molar-refractivity contribution is 6.02. The van der Waals surface area contributed by atoms with Gasteiger partial charge in [-0.3, -0.25) is 4.79 Å². The van der Waals surface area contributed by atoms with Crippen LogP contribution in [0.2, 0.25) is 0 Å². The molecule has 0 fully saturated rings. The van der Waals surface area contributed by atoms with Crippen LogP contribution in [0.5, 0.6) is 17.2 Å². The second-order valence-corrected chi connectivity index (χ2v) is 8.03. The molecule has 0 aromatic heterocycles. The highest BCUT2D eigenvalue weighted by Gasteiger charge is 2.28. The van der Waals surface area contributed by atoms with E-state index in [2.05, 4.69) is 0 Å². The van der Waals surface area contributed by atoms with Crippen LogP contribution in [0.1, 0.15) is 64.3 Å². The lowest BCUT2D eigenvalue weighted by Gasteiger charge is -2.20. The minimum Gasteiger partial charge on any atom is -0.490 e. The molecule has 0 spiro atoms. The first kappa shape index (κ1) is 25.8. The summed E-state index contributed by atoms with van der Waals surface area (Å²) < 4.78 is 23.0. The highest BCUT2D eigenvalue weighted by atomic mass is 16.6. The van der Waals surface area contributed by atoms with E-state index in [0.29, 0.717) is 48.2 Å². The molecule has 35 heavy (non-hydrogen) atoms. The molecular weight excluding hydrogens is 444 g/mol. The van der Waals surface area contributed by atoms with Crippen molar-refractivity contribution in [3.05, 3.63) is 88.5 Å². The van der Waals surface area contributed by atoms with Crippen molar-refractivity contribution < 1.29 is 28.5 Å². The van der Waals surface area contributed by atoms with Gasteiger partial charge in [0.05, 0.1) is 25.4 Å². The van der Waals surface area contributed by atoms with Crippen molar-refractivity contribution in [2.75, 3.05) is 19.8 Å². The predicted molar refractivity (Wildman–Crippen MR) is 135 cm³/mol. The Labute approximate surface area is 206 Å². The van der Waals surface area contributed by atoms with Gasteiger partial charge in [-0.1, -0.05) is 59.7 Å².